The highest BCUT2D eigenvalue weighted by atomic mass is 35.5. The summed E-state index contributed by atoms with van der Waals surface area (Å²) in [5.74, 6) is -0.946. The fraction of sp³-hybridized carbons (Fsp3) is 0.120. The first-order chi connectivity index (χ1) is 18.4. The van der Waals surface area contributed by atoms with Crippen LogP contribution in [-0.4, -0.2) is 28.7 Å². The van der Waals surface area contributed by atoms with Crippen molar-refractivity contribution < 1.29 is 22.9 Å². The largest absolute Gasteiger partial charge is 0.457 e. The summed E-state index contributed by atoms with van der Waals surface area (Å²) in [5, 5.41) is 10.4. The number of nitro groups is 1. The van der Waals surface area contributed by atoms with E-state index in [0.717, 1.165) is 12.1 Å². The van der Waals surface area contributed by atoms with Crippen molar-refractivity contribution in [2.45, 2.75) is 18.4 Å². The first-order valence-corrected chi connectivity index (χ1v) is 13.4. The van der Waals surface area contributed by atoms with Crippen molar-refractivity contribution in [1.82, 2.24) is 9.36 Å². The zero-order chi connectivity index (χ0) is 28.5. The van der Waals surface area contributed by atoms with E-state index in [1.54, 1.807) is 44.3 Å². The third-order valence-electron chi connectivity index (χ3n) is 5.80. The van der Waals surface area contributed by atoms with Crippen molar-refractivity contribution in [1.29, 1.82) is 0 Å². The molecule has 1 N–H and O–H groups in total. The van der Waals surface area contributed by atoms with Crippen molar-refractivity contribution in [3.63, 3.8) is 0 Å². The Balaban J connectivity index is 1.64. The van der Waals surface area contributed by atoms with Crippen LogP contribution in [0.4, 0.5) is 11.4 Å². The second kappa shape index (κ2) is 10.9. The number of carbonyl (C=O) groups excluding carboxylic acids is 1. The van der Waals surface area contributed by atoms with E-state index >= 15 is 0 Å². The van der Waals surface area contributed by atoms with Crippen LogP contribution in [0.25, 0.3) is 5.69 Å². The maximum atomic E-state index is 13.4. The molecule has 0 spiro atoms. The topological polar surface area (TPSA) is 143 Å². The Labute approximate surface area is 232 Å². The van der Waals surface area contributed by atoms with Gasteiger partial charge in [-0.15, -0.1) is 0 Å². The Kier molecular flexibility index (Phi) is 7.82. The molecule has 0 unspecified atom stereocenters. The summed E-state index contributed by atoms with van der Waals surface area (Å²) < 4.78 is 37.0. The minimum atomic E-state index is -4.51. The number of esters is 1. The first-order valence-electron chi connectivity index (χ1n) is 11.2. The van der Waals surface area contributed by atoms with Crippen LogP contribution in [-0.2, 0) is 28.4 Å². The second-order valence-electron chi connectivity index (χ2n) is 8.32. The number of carbonyl (C=O) groups is 1. The summed E-state index contributed by atoms with van der Waals surface area (Å²) in [5.41, 5.74) is -0.0647. The summed E-state index contributed by atoms with van der Waals surface area (Å²) in [6.45, 7) is 1.25. The molecule has 4 rings (SSSR count). The molecule has 1 aromatic heterocycles. The highest BCUT2D eigenvalue weighted by Crippen LogP contribution is 2.32. The Morgan fingerprint density at radius 1 is 1.08 bits per heavy atom. The molecule has 202 valence electrons. The fourth-order valence-corrected chi connectivity index (χ4v) is 5.68. The average molecular weight is 591 g/mol. The molecule has 0 saturated carbocycles. The smallest absolute Gasteiger partial charge is 0.338 e. The minimum Gasteiger partial charge on any atom is -0.457 e. The molecule has 39 heavy (non-hydrogen) atoms. The SMILES string of the molecule is Cc1c(NS(=O)(=O)c2cc(C(=O)OCc3cccc([N+](=O)[O-])c3)cc(Cl)c2Cl)c(=O)n(-c2ccccc2)n1C. The van der Waals surface area contributed by atoms with Crippen LogP contribution in [0.3, 0.4) is 0 Å². The number of hydrogen-bond acceptors (Lipinski definition) is 7. The number of halogens is 2. The lowest BCUT2D eigenvalue weighted by atomic mass is 10.2. The van der Waals surface area contributed by atoms with Gasteiger partial charge in [0.1, 0.15) is 17.2 Å². The second-order valence-corrected chi connectivity index (χ2v) is 10.8. The Morgan fingerprint density at radius 2 is 1.77 bits per heavy atom. The van der Waals surface area contributed by atoms with Crippen molar-refractivity contribution in [3.8, 4) is 5.69 Å². The van der Waals surface area contributed by atoms with Gasteiger partial charge in [-0.2, -0.15) is 0 Å². The van der Waals surface area contributed by atoms with Gasteiger partial charge < -0.3 is 4.74 Å². The Bertz CT molecular complexity index is 1770. The van der Waals surface area contributed by atoms with E-state index in [2.05, 4.69) is 4.72 Å². The summed E-state index contributed by atoms with van der Waals surface area (Å²) in [6.07, 6.45) is 0. The minimum absolute atomic E-state index is 0.180. The van der Waals surface area contributed by atoms with E-state index in [1.165, 1.54) is 33.6 Å². The highest BCUT2D eigenvalue weighted by molar-refractivity contribution is 7.92. The number of nitro benzene ring substituents is 1. The van der Waals surface area contributed by atoms with Crippen LogP contribution in [0.1, 0.15) is 21.6 Å². The van der Waals surface area contributed by atoms with Gasteiger partial charge >= 0.3 is 5.97 Å². The summed E-state index contributed by atoms with van der Waals surface area (Å²) >= 11 is 12.3. The monoisotopic (exact) mass is 590 g/mol. The zero-order valence-electron chi connectivity index (χ0n) is 20.4. The molecule has 0 aliphatic rings. The number of para-hydroxylation sites is 1. The lowest BCUT2D eigenvalue weighted by Crippen LogP contribution is -2.23. The number of non-ortho nitro benzene ring substituents is 1. The number of hydrogen-bond donors (Lipinski definition) is 1. The molecule has 0 saturated heterocycles. The number of nitrogens with one attached hydrogen (secondary N) is 1. The summed E-state index contributed by atoms with van der Waals surface area (Å²) in [6, 6.07) is 16.2. The van der Waals surface area contributed by atoms with Gasteiger partial charge in [0.25, 0.3) is 21.3 Å². The lowest BCUT2D eigenvalue weighted by molar-refractivity contribution is -0.384. The van der Waals surface area contributed by atoms with Gasteiger partial charge in [0, 0.05) is 19.2 Å². The van der Waals surface area contributed by atoms with Crippen LogP contribution in [0.2, 0.25) is 10.0 Å². The Morgan fingerprint density at radius 3 is 2.44 bits per heavy atom. The number of rotatable bonds is 8. The molecule has 14 heteroatoms. The number of nitrogens with zero attached hydrogens (tertiary/aromatic N) is 3. The molecule has 3 aromatic carbocycles. The standard InChI is InChI=1S/C25H20Cl2N4O7S/c1-15-23(24(32)30(29(15)2)18-8-4-3-5-9-18)28-39(36,37)21-13-17(12-20(26)22(21)27)25(33)38-14-16-7-6-10-19(11-16)31(34)35/h3-13,28H,14H2,1-2H3. The van der Waals surface area contributed by atoms with Gasteiger partial charge in [-0.3, -0.25) is 24.3 Å². The molecule has 0 bridgehead atoms. The average Bonchev–Trinajstić information content (AvgIpc) is 3.11. The maximum Gasteiger partial charge on any atom is 0.338 e. The van der Waals surface area contributed by atoms with Gasteiger partial charge in [0.15, 0.2) is 0 Å². The molecule has 11 nitrogen and oxygen atoms in total. The molecular weight excluding hydrogens is 571 g/mol. The van der Waals surface area contributed by atoms with Crippen molar-refractivity contribution in [2.75, 3.05) is 4.72 Å². The zero-order valence-corrected chi connectivity index (χ0v) is 22.7. The normalized spacial score (nSPS) is 11.3. The molecule has 4 aromatic rings. The number of aromatic nitrogens is 2. The van der Waals surface area contributed by atoms with E-state index in [9.17, 15) is 28.1 Å². The number of benzene rings is 3. The predicted octanol–water partition coefficient (Wildman–Crippen LogP) is 4.86. The lowest BCUT2D eigenvalue weighted by Gasteiger charge is -2.12. The molecule has 0 radical (unpaired) electrons. The van der Waals surface area contributed by atoms with E-state index in [1.807, 2.05) is 0 Å². The quantitative estimate of drug-likeness (QED) is 0.175. The third-order valence-corrected chi connectivity index (χ3v) is 8.09. The van der Waals surface area contributed by atoms with Crippen LogP contribution >= 0.6 is 23.2 Å². The first kappa shape index (κ1) is 27.9. The fourth-order valence-electron chi connectivity index (χ4n) is 3.74. The van der Waals surface area contributed by atoms with Crippen LogP contribution in [0.5, 0.6) is 0 Å². The van der Waals surface area contributed by atoms with Crippen LogP contribution < -0.4 is 10.3 Å². The van der Waals surface area contributed by atoms with Crippen molar-refractivity contribution in [2.24, 2.45) is 7.05 Å². The number of ether oxygens (including phenoxy) is 1. The molecule has 0 aliphatic carbocycles. The summed E-state index contributed by atoms with van der Waals surface area (Å²) in [7, 11) is -2.91. The van der Waals surface area contributed by atoms with E-state index in [0.29, 0.717) is 16.9 Å². The van der Waals surface area contributed by atoms with Gasteiger partial charge in [0.2, 0.25) is 0 Å². The van der Waals surface area contributed by atoms with Gasteiger partial charge in [-0.25, -0.2) is 17.9 Å². The van der Waals surface area contributed by atoms with Crippen molar-refractivity contribution >= 4 is 50.6 Å². The molecule has 0 atom stereocenters. The molecular formula is C25H20Cl2N4O7S. The Hall–Kier alpha value is -4.13. The van der Waals surface area contributed by atoms with E-state index in [-0.39, 0.29) is 33.6 Å². The van der Waals surface area contributed by atoms with E-state index < -0.39 is 31.4 Å². The molecule has 0 fully saturated rings. The van der Waals surface area contributed by atoms with Gasteiger partial charge in [-0.1, -0.05) is 53.5 Å². The maximum absolute atomic E-state index is 13.4. The molecule has 0 amide bonds. The predicted molar refractivity (Wildman–Crippen MR) is 145 cm³/mol. The molecule has 0 aliphatic heterocycles. The van der Waals surface area contributed by atoms with Crippen LogP contribution in [0, 0.1) is 17.0 Å². The van der Waals surface area contributed by atoms with Crippen LogP contribution in [0.15, 0.2) is 76.4 Å². The third kappa shape index (κ3) is 5.67. The molecule has 1 heterocycles. The summed E-state index contributed by atoms with van der Waals surface area (Å²) in [4.78, 5) is 35.7. The number of sulfonamides is 1. The number of anilines is 1. The van der Waals surface area contributed by atoms with E-state index in [4.69, 9.17) is 27.9 Å². The van der Waals surface area contributed by atoms with Crippen molar-refractivity contribution in [3.05, 3.63) is 114 Å². The van der Waals surface area contributed by atoms with Gasteiger partial charge in [-0.05, 0) is 36.8 Å². The van der Waals surface area contributed by atoms with Gasteiger partial charge in [0.05, 0.1) is 31.9 Å². The highest BCUT2D eigenvalue weighted by Gasteiger charge is 2.27.